The lowest BCUT2D eigenvalue weighted by Crippen LogP contribution is -2.48. The second kappa shape index (κ2) is 5.93. The van der Waals surface area contributed by atoms with Gasteiger partial charge in [0.25, 0.3) is 0 Å². The van der Waals surface area contributed by atoms with E-state index >= 15 is 0 Å². The summed E-state index contributed by atoms with van der Waals surface area (Å²) in [6.07, 6.45) is 2.05. The molecular formula is C8H12FO12P3. The molecule has 0 aromatic carbocycles. The molecule has 2 aliphatic rings. The van der Waals surface area contributed by atoms with Gasteiger partial charge in [-0.1, -0.05) is 5.92 Å². The van der Waals surface area contributed by atoms with Gasteiger partial charge in [-0.2, -0.15) is 8.62 Å². The van der Waals surface area contributed by atoms with E-state index in [1.807, 2.05) is 5.92 Å². The maximum absolute atomic E-state index is 14.0. The van der Waals surface area contributed by atoms with Gasteiger partial charge in [0.15, 0.2) is 11.3 Å². The smallest absolute Gasteiger partial charge is 0.385 e. The van der Waals surface area contributed by atoms with Gasteiger partial charge in [0.05, 0.1) is 6.10 Å². The molecule has 16 heteroatoms. The summed E-state index contributed by atoms with van der Waals surface area (Å²) in [5.74, 6) is 1.87. The minimum Gasteiger partial charge on any atom is -0.385 e. The van der Waals surface area contributed by atoms with E-state index in [-0.39, 0.29) is 6.42 Å². The van der Waals surface area contributed by atoms with Crippen molar-refractivity contribution in [2.24, 2.45) is 0 Å². The highest BCUT2D eigenvalue weighted by Gasteiger charge is 2.75. The van der Waals surface area contributed by atoms with Crippen LogP contribution < -0.4 is 0 Å². The molecule has 0 spiro atoms. The fraction of sp³-hybridized carbons (Fsp3) is 0.750. The Bertz CT molecular complexity index is 714. The Hall–Kier alpha value is -0.180. The average Bonchev–Trinajstić information content (AvgIpc) is 2.95. The quantitative estimate of drug-likeness (QED) is 0.268. The normalized spacial score (nSPS) is 40.2. The molecule has 1 aliphatic carbocycles. The number of alkyl halides is 1. The molecular weight excluding hydrogens is 400 g/mol. The van der Waals surface area contributed by atoms with Gasteiger partial charge in [0.1, 0.15) is 12.7 Å². The SMILES string of the molecule is C#C[C@]1(COP(=O)(O)OP(=O)(O)OP(=O)(O)O)O[C@H]2C[C@]2(F)[C@@H]1O. The number of aliphatic hydroxyl groups excluding tert-OH is 1. The number of halogens is 1. The van der Waals surface area contributed by atoms with Crippen molar-refractivity contribution in [3.63, 3.8) is 0 Å². The number of fused-ring (bicyclic) bond motifs is 1. The van der Waals surface area contributed by atoms with Gasteiger partial charge in [0, 0.05) is 6.42 Å². The molecule has 5 N–H and O–H groups in total. The molecule has 1 saturated heterocycles. The highest BCUT2D eigenvalue weighted by molar-refractivity contribution is 7.66. The van der Waals surface area contributed by atoms with Gasteiger partial charge >= 0.3 is 23.5 Å². The van der Waals surface area contributed by atoms with Crippen molar-refractivity contribution in [1.82, 2.24) is 0 Å². The standard InChI is InChI=1S/C8H12FO12P3/c1-2-7(6(10)8(9)3-5(8)19-7)4-18-23(14,15)21-24(16,17)20-22(11,12)13/h1,5-6,10H,3-4H2,(H,14,15)(H,16,17)(H2,11,12,13)/t5-,6+,7+,8+/m0/s1. The van der Waals surface area contributed by atoms with Gasteiger partial charge in [-0.3, -0.25) is 4.52 Å². The van der Waals surface area contributed by atoms with Gasteiger partial charge in [-0.05, 0) is 0 Å². The fourth-order valence-corrected chi connectivity index (χ4v) is 5.16. The number of terminal acetylenes is 1. The van der Waals surface area contributed by atoms with Crippen LogP contribution in [0, 0.1) is 12.3 Å². The van der Waals surface area contributed by atoms with E-state index < -0.39 is 53.6 Å². The van der Waals surface area contributed by atoms with Crippen molar-refractivity contribution >= 4 is 23.5 Å². The average molecular weight is 412 g/mol. The first kappa shape index (κ1) is 20.1. The lowest BCUT2D eigenvalue weighted by Gasteiger charge is -2.29. The third-order valence-electron chi connectivity index (χ3n) is 3.22. The van der Waals surface area contributed by atoms with Crippen LogP contribution >= 0.6 is 23.5 Å². The van der Waals surface area contributed by atoms with E-state index in [9.17, 15) is 28.1 Å². The van der Waals surface area contributed by atoms with Gasteiger partial charge in [-0.25, -0.2) is 18.1 Å². The van der Waals surface area contributed by atoms with Crippen molar-refractivity contribution < 1.29 is 60.6 Å². The topological polar surface area (TPSA) is 189 Å². The van der Waals surface area contributed by atoms with Crippen molar-refractivity contribution in [3.8, 4) is 12.3 Å². The molecule has 12 nitrogen and oxygen atoms in total. The monoisotopic (exact) mass is 412 g/mol. The number of phosphoric ester groups is 1. The van der Waals surface area contributed by atoms with E-state index in [0.717, 1.165) is 0 Å². The molecule has 1 aliphatic heterocycles. The third kappa shape index (κ3) is 4.14. The minimum atomic E-state index is -5.69. The molecule has 0 amide bonds. The lowest BCUT2D eigenvalue weighted by molar-refractivity contribution is -0.0822. The molecule has 24 heavy (non-hydrogen) atoms. The summed E-state index contributed by atoms with van der Waals surface area (Å²) in [4.78, 5) is 35.0. The molecule has 6 atom stereocenters. The van der Waals surface area contributed by atoms with Crippen LogP contribution in [0.4, 0.5) is 4.39 Å². The third-order valence-corrected chi connectivity index (χ3v) is 7.01. The van der Waals surface area contributed by atoms with E-state index in [4.69, 9.17) is 25.8 Å². The first-order valence-electron chi connectivity index (χ1n) is 5.96. The number of aliphatic hydroxyl groups is 1. The van der Waals surface area contributed by atoms with E-state index in [2.05, 4.69) is 13.1 Å². The summed E-state index contributed by atoms with van der Waals surface area (Å²) >= 11 is 0. The van der Waals surface area contributed by atoms with Gasteiger partial charge in [-0.15, -0.1) is 6.42 Å². The Morgan fingerprint density at radius 1 is 1.21 bits per heavy atom. The van der Waals surface area contributed by atoms with Gasteiger partial charge < -0.3 is 29.4 Å². The number of phosphoric acid groups is 3. The van der Waals surface area contributed by atoms with Crippen LogP contribution in [-0.4, -0.2) is 54.8 Å². The highest BCUT2D eigenvalue weighted by Crippen LogP contribution is 2.67. The maximum Gasteiger partial charge on any atom is 0.490 e. The van der Waals surface area contributed by atoms with Crippen molar-refractivity contribution in [3.05, 3.63) is 0 Å². The van der Waals surface area contributed by atoms with E-state index in [1.54, 1.807) is 0 Å². The summed E-state index contributed by atoms with van der Waals surface area (Å²) in [6.45, 7) is -1.11. The van der Waals surface area contributed by atoms with Crippen LogP contribution in [0.2, 0.25) is 0 Å². The zero-order valence-electron chi connectivity index (χ0n) is 11.5. The van der Waals surface area contributed by atoms with Crippen LogP contribution in [0.3, 0.4) is 0 Å². The molecule has 2 fully saturated rings. The molecule has 1 saturated carbocycles. The van der Waals surface area contributed by atoms with Crippen molar-refractivity contribution in [2.75, 3.05) is 6.61 Å². The molecule has 138 valence electrons. The summed E-state index contributed by atoms with van der Waals surface area (Å²) in [7, 11) is -16.7. The Morgan fingerprint density at radius 2 is 1.79 bits per heavy atom. The molecule has 2 unspecified atom stereocenters. The predicted octanol–water partition coefficient (Wildman–Crippen LogP) is -0.427. The summed E-state index contributed by atoms with van der Waals surface area (Å²) in [5.41, 5.74) is -4.28. The van der Waals surface area contributed by atoms with Crippen molar-refractivity contribution in [1.29, 1.82) is 0 Å². The van der Waals surface area contributed by atoms with Crippen LogP contribution in [0.15, 0.2) is 0 Å². The van der Waals surface area contributed by atoms with Crippen LogP contribution in [0.25, 0.3) is 0 Å². The Labute approximate surface area is 134 Å². The molecule has 0 aromatic heterocycles. The predicted molar refractivity (Wildman–Crippen MR) is 70.7 cm³/mol. The second-order valence-corrected chi connectivity index (χ2v) is 9.46. The molecule has 0 radical (unpaired) electrons. The Balaban J connectivity index is 2.03. The molecule has 0 bridgehead atoms. The molecule has 2 rings (SSSR count). The first-order valence-corrected chi connectivity index (χ1v) is 10.5. The fourth-order valence-electron chi connectivity index (χ4n) is 2.11. The van der Waals surface area contributed by atoms with Gasteiger partial charge in [0.2, 0.25) is 0 Å². The molecule has 1 heterocycles. The zero-order chi connectivity index (χ0) is 18.6. The zero-order valence-corrected chi connectivity index (χ0v) is 14.1. The minimum absolute atomic E-state index is 0.132. The lowest BCUT2D eigenvalue weighted by atomic mass is 9.95. The Morgan fingerprint density at radius 3 is 2.21 bits per heavy atom. The molecule has 0 aromatic rings. The maximum atomic E-state index is 14.0. The highest BCUT2D eigenvalue weighted by atomic mass is 31.3. The number of rotatable bonds is 7. The summed E-state index contributed by atoms with van der Waals surface area (Å²) < 4.78 is 63.4. The Kier molecular flexibility index (Phi) is 4.97. The first-order chi connectivity index (χ1) is 10.6. The summed E-state index contributed by atoms with van der Waals surface area (Å²) in [5, 5.41) is 9.82. The van der Waals surface area contributed by atoms with Crippen molar-refractivity contribution in [2.45, 2.75) is 29.9 Å². The van der Waals surface area contributed by atoms with E-state index in [0.29, 0.717) is 0 Å². The number of ether oxygens (including phenoxy) is 1. The number of hydrogen-bond acceptors (Lipinski definition) is 8. The van der Waals surface area contributed by atoms with Crippen LogP contribution in [-0.2, 0) is 31.6 Å². The van der Waals surface area contributed by atoms with E-state index in [1.165, 1.54) is 0 Å². The second-order valence-electron chi connectivity index (χ2n) is 5.04. The van der Waals surface area contributed by atoms with Crippen LogP contribution in [0.1, 0.15) is 6.42 Å². The summed E-state index contributed by atoms with van der Waals surface area (Å²) in [6, 6.07) is 0. The largest absolute Gasteiger partial charge is 0.490 e. The number of hydrogen-bond donors (Lipinski definition) is 5. The van der Waals surface area contributed by atoms with Crippen LogP contribution in [0.5, 0.6) is 0 Å².